The fraction of sp³-hybridized carbons (Fsp3) is 0.308. The number of esters is 1. The van der Waals surface area contributed by atoms with Gasteiger partial charge in [-0.3, -0.25) is 9.59 Å². The summed E-state index contributed by atoms with van der Waals surface area (Å²) in [6, 6.07) is 7.10. The molecule has 1 fully saturated rings. The lowest BCUT2D eigenvalue weighted by atomic mass is 10.2. The van der Waals surface area contributed by atoms with E-state index in [9.17, 15) is 9.59 Å². The van der Waals surface area contributed by atoms with Gasteiger partial charge in [0.2, 0.25) is 0 Å². The van der Waals surface area contributed by atoms with Gasteiger partial charge in [0.15, 0.2) is 0 Å². The molecule has 1 saturated heterocycles. The number of carbonyl (C=O) groups is 2. The standard InChI is InChI=1S/C13H14N2O4S/c1-18-9-5-3-8(4-6-9)14-12-10(7-11(16)19-2)20-13(17)15-12/h3-6,10H,7H2,1-2H3,(H,14,15,17)/t10-/m0/s1. The van der Waals surface area contributed by atoms with Crippen LogP contribution in [0.4, 0.5) is 10.5 Å². The van der Waals surface area contributed by atoms with Gasteiger partial charge in [0, 0.05) is 0 Å². The van der Waals surface area contributed by atoms with Gasteiger partial charge in [-0.1, -0.05) is 11.8 Å². The third kappa shape index (κ3) is 3.51. The highest BCUT2D eigenvalue weighted by atomic mass is 32.2. The van der Waals surface area contributed by atoms with Gasteiger partial charge in [-0.2, -0.15) is 0 Å². The highest BCUT2D eigenvalue weighted by Crippen LogP contribution is 2.26. The van der Waals surface area contributed by atoms with E-state index in [1.54, 1.807) is 31.4 Å². The predicted octanol–water partition coefficient (Wildman–Crippen LogP) is 2.11. The summed E-state index contributed by atoms with van der Waals surface area (Å²) in [6.45, 7) is 0. The maximum absolute atomic E-state index is 11.4. The maximum atomic E-state index is 11.4. The molecule has 1 heterocycles. The normalized spacial score (nSPS) is 19.8. The topological polar surface area (TPSA) is 77.0 Å². The third-order valence-electron chi connectivity index (χ3n) is 2.69. The summed E-state index contributed by atoms with van der Waals surface area (Å²) >= 11 is 1.04. The molecule has 0 spiro atoms. The van der Waals surface area contributed by atoms with Crippen molar-refractivity contribution in [2.45, 2.75) is 11.7 Å². The fourth-order valence-electron chi connectivity index (χ4n) is 1.67. The van der Waals surface area contributed by atoms with Gasteiger partial charge in [-0.15, -0.1) is 0 Å². The van der Waals surface area contributed by atoms with E-state index in [0.29, 0.717) is 11.5 Å². The zero-order chi connectivity index (χ0) is 14.5. The Labute approximate surface area is 120 Å². The van der Waals surface area contributed by atoms with Crippen LogP contribution in [0, 0.1) is 0 Å². The second-order valence-electron chi connectivity index (χ2n) is 3.99. The van der Waals surface area contributed by atoms with E-state index in [2.05, 4.69) is 15.0 Å². The molecule has 0 radical (unpaired) electrons. The van der Waals surface area contributed by atoms with Crippen LogP contribution in [0.2, 0.25) is 0 Å². The van der Waals surface area contributed by atoms with Gasteiger partial charge >= 0.3 is 5.97 Å². The number of amidine groups is 1. The molecule has 1 aromatic rings. The molecule has 1 aromatic carbocycles. The summed E-state index contributed by atoms with van der Waals surface area (Å²) in [5.74, 6) is 0.821. The molecule has 0 unspecified atom stereocenters. The monoisotopic (exact) mass is 294 g/mol. The van der Waals surface area contributed by atoms with Gasteiger partial charge in [-0.25, -0.2) is 4.99 Å². The summed E-state index contributed by atoms with van der Waals surface area (Å²) in [5, 5.41) is 2.09. The lowest BCUT2D eigenvalue weighted by Gasteiger charge is -2.07. The summed E-state index contributed by atoms with van der Waals surface area (Å²) in [7, 11) is 2.90. The Balaban J connectivity index is 2.16. The highest BCUT2D eigenvalue weighted by Gasteiger charge is 2.31. The van der Waals surface area contributed by atoms with Crippen molar-refractivity contribution in [1.29, 1.82) is 0 Å². The first-order valence-electron chi connectivity index (χ1n) is 5.89. The summed E-state index contributed by atoms with van der Waals surface area (Å²) in [5.41, 5.74) is 0.679. The van der Waals surface area contributed by atoms with E-state index >= 15 is 0 Å². The Bertz CT molecular complexity index is 542. The third-order valence-corrected chi connectivity index (χ3v) is 3.68. The minimum Gasteiger partial charge on any atom is -0.497 e. The molecule has 1 aliphatic heterocycles. The first kappa shape index (κ1) is 14.4. The molecule has 2 rings (SSSR count). The highest BCUT2D eigenvalue weighted by molar-refractivity contribution is 8.15. The van der Waals surface area contributed by atoms with Crippen molar-refractivity contribution < 1.29 is 19.1 Å². The molecule has 7 heteroatoms. The molecule has 0 aliphatic carbocycles. The van der Waals surface area contributed by atoms with Crippen LogP contribution in [-0.2, 0) is 9.53 Å². The first-order chi connectivity index (χ1) is 9.62. The number of benzene rings is 1. The number of ether oxygens (including phenoxy) is 2. The van der Waals surface area contributed by atoms with Crippen molar-refractivity contribution >= 4 is 34.5 Å². The Morgan fingerprint density at radius 2 is 2.05 bits per heavy atom. The van der Waals surface area contributed by atoms with Crippen molar-refractivity contribution in [2.75, 3.05) is 14.2 Å². The minimum absolute atomic E-state index is 0.106. The second kappa shape index (κ2) is 6.42. The van der Waals surface area contributed by atoms with Crippen LogP contribution in [-0.4, -0.2) is 36.5 Å². The lowest BCUT2D eigenvalue weighted by molar-refractivity contribution is -0.140. The van der Waals surface area contributed by atoms with E-state index in [4.69, 9.17) is 4.74 Å². The van der Waals surface area contributed by atoms with Crippen LogP contribution >= 0.6 is 11.8 Å². The van der Waals surface area contributed by atoms with Gasteiger partial charge in [0.25, 0.3) is 5.24 Å². The Hall–Kier alpha value is -2.02. The second-order valence-corrected chi connectivity index (χ2v) is 5.17. The number of hydrogen-bond acceptors (Lipinski definition) is 6. The van der Waals surface area contributed by atoms with Crippen LogP contribution in [0.15, 0.2) is 29.3 Å². The molecule has 1 atom stereocenters. The van der Waals surface area contributed by atoms with Crippen molar-refractivity contribution in [2.24, 2.45) is 4.99 Å². The number of amides is 1. The van der Waals surface area contributed by atoms with E-state index in [-0.39, 0.29) is 22.9 Å². The molecule has 6 nitrogen and oxygen atoms in total. The molecular formula is C13H14N2O4S. The zero-order valence-corrected chi connectivity index (χ0v) is 11.9. The van der Waals surface area contributed by atoms with E-state index in [1.807, 2.05) is 0 Å². The zero-order valence-electron chi connectivity index (χ0n) is 11.1. The van der Waals surface area contributed by atoms with Crippen molar-refractivity contribution in [1.82, 2.24) is 5.32 Å². The molecular weight excluding hydrogens is 280 g/mol. The number of rotatable bonds is 4. The molecule has 1 aliphatic rings. The first-order valence-corrected chi connectivity index (χ1v) is 6.77. The number of nitrogens with one attached hydrogen (secondary N) is 1. The molecule has 0 bridgehead atoms. The number of methoxy groups -OCH3 is 2. The van der Waals surface area contributed by atoms with Crippen molar-refractivity contribution in [3.63, 3.8) is 0 Å². The smallest absolute Gasteiger partial charge is 0.307 e. The molecule has 0 saturated carbocycles. The summed E-state index contributed by atoms with van der Waals surface area (Å²) in [6.07, 6.45) is 0.106. The molecule has 106 valence electrons. The van der Waals surface area contributed by atoms with E-state index in [1.165, 1.54) is 7.11 Å². The molecule has 1 amide bonds. The van der Waals surface area contributed by atoms with Crippen LogP contribution < -0.4 is 10.1 Å². The number of aliphatic imine (C=N–C) groups is 1. The number of carbonyl (C=O) groups excluding carboxylic acids is 2. The predicted molar refractivity (Wildman–Crippen MR) is 76.6 cm³/mol. The van der Waals surface area contributed by atoms with E-state index in [0.717, 1.165) is 17.5 Å². The average molecular weight is 294 g/mol. The molecule has 20 heavy (non-hydrogen) atoms. The Kier molecular flexibility index (Phi) is 4.62. The quantitative estimate of drug-likeness (QED) is 0.861. The largest absolute Gasteiger partial charge is 0.497 e. The fourth-order valence-corrected chi connectivity index (χ4v) is 2.53. The maximum Gasteiger partial charge on any atom is 0.307 e. The minimum atomic E-state index is -0.374. The summed E-state index contributed by atoms with van der Waals surface area (Å²) < 4.78 is 9.67. The van der Waals surface area contributed by atoms with Gasteiger partial charge in [0.1, 0.15) is 11.6 Å². The SMILES string of the molecule is COC(=O)C[C@@H]1SC(=O)NC1=Nc1ccc(OC)cc1. The van der Waals surface area contributed by atoms with Crippen LogP contribution in [0.3, 0.4) is 0 Å². The number of thioether (sulfide) groups is 1. The molecule has 0 aromatic heterocycles. The number of nitrogens with zero attached hydrogens (tertiary/aromatic N) is 1. The van der Waals surface area contributed by atoms with Crippen LogP contribution in [0.5, 0.6) is 5.75 Å². The Morgan fingerprint density at radius 1 is 1.35 bits per heavy atom. The summed E-state index contributed by atoms with van der Waals surface area (Å²) in [4.78, 5) is 27.1. The lowest BCUT2D eigenvalue weighted by Crippen LogP contribution is -2.26. The van der Waals surface area contributed by atoms with E-state index < -0.39 is 0 Å². The van der Waals surface area contributed by atoms with Crippen LogP contribution in [0.25, 0.3) is 0 Å². The molecule has 1 N–H and O–H groups in total. The Morgan fingerprint density at radius 3 is 2.65 bits per heavy atom. The number of hydrogen-bond donors (Lipinski definition) is 1. The van der Waals surface area contributed by atoms with Crippen molar-refractivity contribution in [3.05, 3.63) is 24.3 Å². The van der Waals surface area contributed by atoms with Gasteiger partial charge < -0.3 is 14.8 Å². The average Bonchev–Trinajstić information content (AvgIpc) is 2.79. The van der Waals surface area contributed by atoms with Gasteiger partial charge in [-0.05, 0) is 24.3 Å². The van der Waals surface area contributed by atoms with Crippen LogP contribution in [0.1, 0.15) is 6.42 Å². The van der Waals surface area contributed by atoms with Gasteiger partial charge in [0.05, 0.1) is 31.6 Å². The van der Waals surface area contributed by atoms with Crippen molar-refractivity contribution in [3.8, 4) is 5.75 Å².